The second-order valence-electron chi connectivity index (χ2n) is 3.43. The first-order valence-electron chi connectivity index (χ1n) is 5.01. The minimum Gasteiger partial charge on any atom is -0.385 e. The smallest absolute Gasteiger partial charge is 0.0874 e. The van der Waals surface area contributed by atoms with Gasteiger partial charge in [0.1, 0.15) is 0 Å². The Kier molecular flexibility index (Phi) is 3.10. The highest BCUT2D eigenvalue weighted by atomic mass is 16.3. The van der Waals surface area contributed by atoms with Crippen LogP contribution in [0.4, 0.5) is 0 Å². The van der Waals surface area contributed by atoms with Crippen LogP contribution in [0.1, 0.15) is 38.3 Å². The van der Waals surface area contributed by atoms with Crippen LogP contribution in [0.3, 0.4) is 0 Å². The molecule has 0 aliphatic heterocycles. The average Bonchev–Trinajstić information content (AvgIpc) is 2.47. The molecule has 1 aliphatic carbocycles. The second kappa shape index (κ2) is 3.93. The van der Waals surface area contributed by atoms with E-state index in [1.165, 1.54) is 5.56 Å². The minimum atomic E-state index is -0.573. The summed E-state index contributed by atoms with van der Waals surface area (Å²) in [6, 6.07) is 8.12. The van der Waals surface area contributed by atoms with Crippen molar-refractivity contribution in [2.45, 2.75) is 39.2 Å². The lowest BCUT2D eigenvalue weighted by molar-refractivity contribution is 0.0595. The maximum atomic E-state index is 9.85. The fraction of sp³-hybridized carbons (Fsp3) is 0.500. The summed E-state index contributed by atoms with van der Waals surface area (Å²) in [4.78, 5) is 0. The molecule has 1 nitrogen and oxygen atoms in total. The fourth-order valence-electron chi connectivity index (χ4n) is 1.78. The molecule has 0 spiro atoms. The average molecular weight is 178 g/mol. The highest BCUT2D eigenvalue weighted by Crippen LogP contribution is 2.35. The van der Waals surface area contributed by atoms with Gasteiger partial charge in [-0.25, -0.2) is 0 Å². The predicted molar refractivity (Wildman–Crippen MR) is 55.7 cm³/mol. The van der Waals surface area contributed by atoms with Gasteiger partial charge in [-0.05, 0) is 30.9 Å². The van der Waals surface area contributed by atoms with Crippen LogP contribution in [0.5, 0.6) is 0 Å². The van der Waals surface area contributed by atoms with Gasteiger partial charge in [0.2, 0.25) is 0 Å². The first-order chi connectivity index (χ1) is 6.20. The number of aryl methyl sites for hydroxylation is 1. The Morgan fingerprint density at radius 2 is 1.85 bits per heavy atom. The van der Waals surface area contributed by atoms with Crippen molar-refractivity contribution in [3.63, 3.8) is 0 Å². The Labute approximate surface area is 80.4 Å². The maximum absolute atomic E-state index is 9.85. The Morgan fingerprint density at radius 3 is 2.46 bits per heavy atom. The summed E-state index contributed by atoms with van der Waals surface area (Å²) in [6.45, 7) is 5.89. The van der Waals surface area contributed by atoms with Crippen LogP contribution in [-0.4, -0.2) is 5.11 Å². The lowest BCUT2D eigenvalue weighted by Gasteiger charge is -2.16. The van der Waals surface area contributed by atoms with Gasteiger partial charge in [0, 0.05) is 0 Å². The first-order valence-corrected chi connectivity index (χ1v) is 5.01. The van der Waals surface area contributed by atoms with Crippen molar-refractivity contribution in [2.75, 3.05) is 0 Å². The van der Waals surface area contributed by atoms with E-state index in [0.717, 1.165) is 18.4 Å². The molecule has 1 unspecified atom stereocenters. The maximum Gasteiger partial charge on any atom is 0.0874 e. The number of hydrogen-bond acceptors (Lipinski definition) is 1. The molecule has 2 rings (SSSR count). The summed E-state index contributed by atoms with van der Waals surface area (Å²) in [5.74, 6) is 0. The van der Waals surface area contributed by atoms with Crippen LogP contribution in [0.2, 0.25) is 0 Å². The number of fused-ring (bicyclic) bond motifs is 1. The molecule has 0 heterocycles. The van der Waals surface area contributed by atoms with Gasteiger partial charge in [-0.3, -0.25) is 0 Å². The zero-order valence-electron chi connectivity index (χ0n) is 8.67. The van der Waals surface area contributed by atoms with Crippen LogP contribution in [0.15, 0.2) is 24.3 Å². The number of rotatable bonds is 0. The standard InChI is InChI=1S/C10H12O.C2H6/c1-10(11)7-6-8-4-2-3-5-9(8)10;1-2/h2-5,11H,6-7H2,1H3;1-2H3. The van der Waals surface area contributed by atoms with Gasteiger partial charge in [0.15, 0.2) is 0 Å². The third kappa shape index (κ3) is 1.92. The molecular weight excluding hydrogens is 160 g/mol. The second-order valence-corrected chi connectivity index (χ2v) is 3.43. The van der Waals surface area contributed by atoms with Crippen LogP contribution in [0.25, 0.3) is 0 Å². The van der Waals surface area contributed by atoms with Crippen molar-refractivity contribution < 1.29 is 5.11 Å². The van der Waals surface area contributed by atoms with E-state index in [2.05, 4.69) is 6.07 Å². The highest BCUT2D eigenvalue weighted by molar-refractivity contribution is 5.36. The van der Waals surface area contributed by atoms with Gasteiger partial charge in [0.05, 0.1) is 5.60 Å². The van der Waals surface area contributed by atoms with E-state index in [0.29, 0.717) is 0 Å². The molecule has 1 atom stereocenters. The van der Waals surface area contributed by atoms with Crippen molar-refractivity contribution in [3.8, 4) is 0 Å². The van der Waals surface area contributed by atoms with E-state index in [9.17, 15) is 5.11 Å². The SMILES string of the molecule is CC.CC1(O)CCc2ccccc21. The molecule has 1 aliphatic rings. The van der Waals surface area contributed by atoms with Crippen molar-refractivity contribution in [3.05, 3.63) is 35.4 Å². The molecule has 72 valence electrons. The summed E-state index contributed by atoms with van der Waals surface area (Å²) in [6.07, 6.45) is 1.88. The molecule has 0 saturated heterocycles. The third-order valence-corrected chi connectivity index (χ3v) is 2.48. The van der Waals surface area contributed by atoms with Gasteiger partial charge in [-0.15, -0.1) is 0 Å². The van der Waals surface area contributed by atoms with Crippen LogP contribution in [-0.2, 0) is 12.0 Å². The molecule has 0 saturated carbocycles. The first kappa shape index (κ1) is 10.3. The Morgan fingerprint density at radius 1 is 1.23 bits per heavy atom. The van der Waals surface area contributed by atoms with Crippen molar-refractivity contribution in [2.24, 2.45) is 0 Å². The Balaban J connectivity index is 0.000000396. The molecule has 0 fully saturated rings. The topological polar surface area (TPSA) is 20.2 Å². The summed E-state index contributed by atoms with van der Waals surface area (Å²) in [5.41, 5.74) is 1.84. The molecule has 1 N–H and O–H groups in total. The lowest BCUT2D eigenvalue weighted by atomic mass is 9.99. The van der Waals surface area contributed by atoms with Gasteiger partial charge < -0.3 is 5.11 Å². The molecule has 0 bridgehead atoms. The summed E-state index contributed by atoms with van der Waals surface area (Å²) < 4.78 is 0. The van der Waals surface area contributed by atoms with E-state index in [-0.39, 0.29) is 0 Å². The van der Waals surface area contributed by atoms with Gasteiger partial charge >= 0.3 is 0 Å². The molecule has 0 radical (unpaired) electrons. The van der Waals surface area contributed by atoms with Gasteiger partial charge in [0.25, 0.3) is 0 Å². The van der Waals surface area contributed by atoms with Crippen LogP contribution < -0.4 is 0 Å². The van der Waals surface area contributed by atoms with Crippen molar-refractivity contribution in [1.29, 1.82) is 0 Å². The normalized spacial score (nSPS) is 24.6. The van der Waals surface area contributed by atoms with Gasteiger partial charge in [-0.1, -0.05) is 38.1 Å². The largest absolute Gasteiger partial charge is 0.385 e. The van der Waals surface area contributed by atoms with E-state index >= 15 is 0 Å². The van der Waals surface area contributed by atoms with Crippen LogP contribution in [0, 0.1) is 0 Å². The monoisotopic (exact) mass is 178 g/mol. The molecule has 1 heteroatoms. The van der Waals surface area contributed by atoms with E-state index < -0.39 is 5.60 Å². The van der Waals surface area contributed by atoms with Crippen molar-refractivity contribution in [1.82, 2.24) is 0 Å². The number of hydrogen-bond donors (Lipinski definition) is 1. The Hall–Kier alpha value is -0.820. The molecule has 1 aromatic rings. The molecule has 0 aromatic heterocycles. The highest BCUT2D eigenvalue weighted by Gasteiger charge is 2.30. The number of benzene rings is 1. The number of aliphatic hydroxyl groups is 1. The van der Waals surface area contributed by atoms with E-state index in [1.54, 1.807) is 0 Å². The van der Waals surface area contributed by atoms with Crippen LogP contribution >= 0.6 is 0 Å². The minimum absolute atomic E-state index is 0.573. The van der Waals surface area contributed by atoms with Crippen molar-refractivity contribution >= 4 is 0 Å². The third-order valence-electron chi connectivity index (χ3n) is 2.48. The van der Waals surface area contributed by atoms with Gasteiger partial charge in [-0.2, -0.15) is 0 Å². The summed E-state index contributed by atoms with van der Waals surface area (Å²) in [5, 5.41) is 9.85. The lowest BCUT2D eigenvalue weighted by Crippen LogP contribution is -2.15. The molecular formula is C12H18O. The summed E-state index contributed by atoms with van der Waals surface area (Å²) in [7, 11) is 0. The zero-order valence-corrected chi connectivity index (χ0v) is 8.67. The molecule has 13 heavy (non-hydrogen) atoms. The zero-order chi connectivity index (χ0) is 9.90. The quantitative estimate of drug-likeness (QED) is 0.647. The van der Waals surface area contributed by atoms with E-state index in [1.807, 2.05) is 39.0 Å². The molecule has 1 aromatic carbocycles. The summed E-state index contributed by atoms with van der Waals surface area (Å²) >= 11 is 0. The fourth-order valence-corrected chi connectivity index (χ4v) is 1.78. The Bertz CT molecular complexity index is 276. The molecule has 0 amide bonds. The van der Waals surface area contributed by atoms with E-state index in [4.69, 9.17) is 0 Å². The predicted octanol–water partition coefficient (Wildman–Crippen LogP) is 2.87.